The molecular weight excluding hydrogens is 388 g/mol. The van der Waals surface area contributed by atoms with Crippen molar-refractivity contribution in [1.29, 1.82) is 0 Å². The predicted molar refractivity (Wildman–Crippen MR) is 98.8 cm³/mol. The molecule has 2 aliphatic rings. The third-order valence-corrected chi connectivity index (χ3v) is 7.75. The highest BCUT2D eigenvalue weighted by molar-refractivity contribution is 7.89. The molecule has 2 aliphatic heterocycles. The Morgan fingerprint density at radius 1 is 1.25 bits per heavy atom. The molecule has 0 radical (unpaired) electrons. The van der Waals surface area contributed by atoms with E-state index < -0.39 is 33.4 Å². The number of nitrogens with one attached hydrogen (secondary N) is 1. The Labute approximate surface area is 164 Å². The minimum absolute atomic E-state index is 0.0311. The summed E-state index contributed by atoms with van der Waals surface area (Å²) in [6, 6.07) is 9.74. The summed E-state index contributed by atoms with van der Waals surface area (Å²) < 4.78 is 38.4. The van der Waals surface area contributed by atoms with Crippen molar-refractivity contribution in [3.05, 3.63) is 35.9 Å². The van der Waals surface area contributed by atoms with Crippen LogP contribution >= 0.6 is 0 Å². The number of piperidine rings is 1. The topological polar surface area (TPSA) is 125 Å². The molecule has 0 aromatic heterocycles. The Bertz CT molecular complexity index is 765. The molecule has 0 aliphatic carbocycles. The molecule has 2 atom stereocenters. The van der Waals surface area contributed by atoms with Crippen LogP contribution in [0, 0.1) is 0 Å². The van der Waals surface area contributed by atoms with Crippen molar-refractivity contribution < 1.29 is 33.0 Å². The quantitative estimate of drug-likeness (QED) is 0.443. The molecule has 28 heavy (non-hydrogen) atoms. The third-order valence-electron chi connectivity index (χ3n) is 5.32. The van der Waals surface area contributed by atoms with Gasteiger partial charge in [-0.15, -0.1) is 0 Å². The van der Waals surface area contributed by atoms with Gasteiger partial charge in [-0.3, -0.25) is 10.0 Å². The number of benzene rings is 1. The van der Waals surface area contributed by atoms with E-state index in [4.69, 9.17) is 14.7 Å². The van der Waals surface area contributed by atoms with E-state index in [0.29, 0.717) is 19.4 Å². The first-order valence-electron chi connectivity index (χ1n) is 9.27. The zero-order valence-corrected chi connectivity index (χ0v) is 16.3. The number of nitrogens with zero attached hydrogens (tertiary/aromatic N) is 1. The predicted octanol–water partition coefficient (Wildman–Crippen LogP) is 0.0228. The van der Waals surface area contributed by atoms with Gasteiger partial charge in [0, 0.05) is 19.7 Å². The summed E-state index contributed by atoms with van der Waals surface area (Å²) in [5.74, 6) is -1.18. The van der Waals surface area contributed by atoms with Gasteiger partial charge in [0.2, 0.25) is 10.0 Å². The molecule has 3 N–H and O–H groups in total. The van der Waals surface area contributed by atoms with Crippen LogP contribution in [0.3, 0.4) is 0 Å². The molecule has 3 rings (SSSR count). The zero-order chi connectivity index (χ0) is 20.2. The number of amides is 1. The molecule has 1 aromatic carbocycles. The summed E-state index contributed by atoms with van der Waals surface area (Å²) in [4.78, 5) is 11.9. The maximum Gasteiger partial charge on any atom is 0.279 e. The van der Waals surface area contributed by atoms with E-state index in [2.05, 4.69) is 0 Å². The fourth-order valence-corrected chi connectivity index (χ4v) is 5.82. The van der Waals surface area contributed by atoms with Crippen LogP contribution in [0.4, 0.5) is 0 Å². The Hall–Kier alpha value is -1.56. The van der Waals surface area contributed by atoms with E-state index in [1.165, 1.54) is 9.79 Å². The van der Waals surface area contributed by atoms with Crippen molar-refractivity contribution in [1.82, 2.24) is 9.79 Å². The second-order valence-electron chi connectivity index (χ2n) is 7.14. The van der Waals surface area contributed by atoms with E-state index in [9.17, 15) is 18.3 Å². The smallest absolute Gasteiger partial charge is 0.279 e. The molecule has 10 heteroatoms. The summed E-state index contributed by atoms with van der Waals surface area (Å²) in [7, 11) is -3.96. The molecule has 1 amide bonds. The molecule has 2 saturated heterocycles. The maximum atomic E-state index is 13.1. The molecule has 2 heterocycles. The van der Waals surface area contributed by atoms with Crippen molar-refractivity contribution in [3.63, 3.8) is 0 Å². The van der Waals surface area contributed by atoms with E-state index in [1.54, 1.807) is 0 Å². The lowest BCUT2D eigenvalue weighted by molar-refractivity contribution is -0.161. The SMILES string of the molecule is O=C(NO)C1(O)COCCC1S(=O)(=O)N1CCC(OCc2ccccc2)CC1. The van der Waals surface area contributed by atoms with Crippen molar-refractivity contribution in [2.45, 2.75) is 42.8 Å². The standard InChI is InChI=1S/C18H26N2O7S/c21-17(19-23)18(22)13-26-11-8-16(18)28(24,25)20-9-6-15(7-10-20)27-12-14-4-2-1-3-5-14/h1-5,15-16,22-23H,6-13H2,(H,19,21). The van der Waals surface area contributed by atoms with Crippen LogP contribution < -0.4 is 5.48 Å². The van der Waals surface area contributed by atoms with Crippen LogP contribution in [-0.4, -0.2) is 72.2 Å². The number of aliphatic hydroxyl groups is 1. The molecular formula is C18H26N2O7S. The summed E-state index contributed by atoms with van der Waals surface area (Å²) in [6.45, 7) is 0.585. The Kier molecular flexibility index (Phi) is 6.69. The van der Waals surface area contributed by atoms with E-state index >= 15 is 0 Å². The molecule has 0 bridgehead atoms. The molecule has 0 spiro atoms. The molecule has 156 valence electrons. The molecule has 1 aromatic rings. The van der Waals surface area contributed by atoms with Crippen molar-refractivity contribution in [2.75, 3.05) is 26.3 Å². The van der Waals surface area contributed by atoms with Gasteiger partial charge in [-0.25, -0.2) is 18.2 Å². The Morgan fingerprint density at radius 3 is 2.57 bits per heavy atom. The summed E-state index contributed by atoms with van der Waals surface area (Å²) in [5.41, 5.74) is 0.0762. The van der Waals surface area contributed by atoms with Gasteiger partial charge in [-0.1, -0.05) is 30.3 Å². The highest BCUT2D eigenvalue weighted by Crippen LogP contribution is 2.30. The fourth-order valence-electron chi connectivity index (χ4n) is 3.68. The summed E-state index contributed by atoms with van der Waals surface area (Å²) >= 11 is 0. The van der Waals surface area contributed by atoms with Crippen molar-refractivity contribution in [3.8, 4) is 0 Å². The highest BCUT2D eigenvalue weighted by Gasteiger charge is 2.54. The highest BCUT2D eigenvalue weighted by atomic mass is 32.2. The first-order chi connectivity index (χ1) is 13.4. The second kappa shape index (κ2) is 8.85. The van der Waals surface area contributed by atoms with Gasteiger partial charge < -0.3 is 14.6 Å². The Balaban J connectivity index is 1.61. The van der Waals surface area contributed by atoms with Gasteiger partial charge in [0.25, 0.3) is 5.91 Å². The van der Waals surface area contributed by atoms with Gasteiger partial charge >= 0.3 is 0 Å². The van der Waals surface area contributed by atoms with E-state index in [-0.39, 0.29) is 32.2 Å². The first kappa shape index (κ1) is 21.2. The van der Waals surface area contributed by atoms with E-state index in [1.807, 2.05) is 30.3 Å². The molecule has 2 unspecified atom stereocenters. The minimum Gasteiger partial charge on any atom is -0.378 e. The van der Waals surface area contributed by atoms with Gasteiger partial charge in [-0.05, 0) is 24.8 Å². The number of rotatable bonds is 6. The summed E-state index contributed by atoms with van der Waals surface area (Å²) in [5, 5.41) is 18.1. The number of sulfonamides is 1. The largest absolute Gasteiger partial charge is 0.378 e. The van der Waals surface area contributed by atoms with Gasteiger partial charge in [-0.2, -0.15) is 0 Å². The number of hydrogen-bond acceptors (Lipinski definition) is 7. The Morgan fingerprint density at radius 2 is 1.93 bits per heavy atom. The number of hydroxylamine groups is 1. The number of carbonyl (C=O) groups excluding carboxylic acids is 1. The second-order valence-corrected chi connectivity index (χ2v) is 9.25. The minimum atomic E-state index is -3.96. The molecule has 0 saturated carbocycles. The van der Waals surface area contributed by atoms with Gasteiger partial charge in [0.05, 0.1) is 19.3 Å². The molecule has 9 nitrogen and oxygen atoms in total. The van der Waals surface area contributed by atoms with Crippen LogP contribution in [-0.2, 0) is 30.9 Å². The van der Waals surface area contributed by atoms with Crippen molar-refractivity contribution >= 4 is 15.9 Å². The lowest BCUT2D eigenvalue weighted by atomic mass is 9.95. The number of ether oxygens (including phenoxy) is 2. The third kappa shape index (κ3) is 4.37. The lowest BCUT2D eigenvalue weighted by Crippen LogP contribution is -2.64. The van der Waals surface area contributed by atoms with Crippen LogP contribution in [0.25, 0.3) is 0 Å². The first-order valence-corrected chi connectivity index (χ1v) is 10.8. The average molecular weight is 414 g/mol. The molecule has 2 fully saturated rings. The summed E-state index contributed by atoms with van der Waals surface area (Å²) in [6.07, 6.45) is 0.970. The van der Waals surface area contributed by atoms with Crippen LogP contribution in [0.5, 0.6) is 0 Å². The van der Waals surface area contributed by atoms with Crippen LogP contribution in [0.1, 0.15) is 24.8 Å². The van der Waals surface area contributed by atoms with Crippen molar-refractivity contribution in [2.24, 2.45) is 0 Å². The lowest BCUT2D eigenvalue weighted by Gasteiger charge is -2.41. The van der Waals surface area contributed by atoms with Gasteiger partial charge in [0.1, 0.15) is 5.25 Å². The maximum absolute atomic E-state index is 13.1. The fraction of sp³-hybridized carbons (Fsp3) is 0.611. The average Bonchev–Trinajstić information content (AvgIpc) is 2.73. The number of carbonyl (C=O) groups is 1. The van der Waals surface area contributed by atoms with Crippen LogP contribution in [0.15, 0.2) is 30.3 Å². The van der Waals surface area contributed by atoms with Crippen LogP contribution in [0.2, 0.25) is 0 Å². The van der Waals surface area contributed by atoms with Gasteiger partial charge in [0.15, 0.2) is 5.60 Å². The number of hydrogen-bond donors (Lipinski definition) is 3. The zero-order valence-electron chi connectivity index (χ0n) is 15.5. The van der Waals surface area contributed by atoms with E-state index in [0.717, 1.165) is 5.56 Å². The monoisotopic (exact) mass is 414 g/mol. The normalized spacial score (nSPS) is 27.4.